The van der Waals surface area contributed by atoms with Gasteiger partial charge in [0.2, 0.25) is 0 Å². The number of hydrogen-bond donors (Lipinski definition) is 1. The summed E-state index contributed by atoms with van der Waals surface area (Å²) in [6, 6.07) is 3.87. The molecule has 0 aromatic carbocycles. The third kappa shape index (κ3) is 2.20. The molecule has 2 aromatic rings. The molecule has 1 aliphatic heterocycles. The van der Waals surface area contributed by atoms with Gasteiger partial charge in [-0.15, -0.1) is 0 Å². The summed E-state index contributed by atoms with van der Waals surface area (Å²) < 4.78 is 5.38. The maximum Gasteiger partial charge on any atom is 0.139 e. The van der Waals surface area contributed by atoms with Crippen molar-refractivity contribution in [2.24, 2.45) is 5.92 Å². The summed E-state index contributed by atoms with van der Waals surface area (Å²) >= 11 is 0. The van der Waals surface area contributed by atoms with Crippen molar-refractivity contribution in [3.05, 3.63) is 24.6 Å². The molecule has 1 saturated heterocycles. The van der Waals surface area contributed by atoms with Crippen LogP contribution in [-0.2, 0) is 0 Å². The molecule has 1 unspecified atom stereocenters. The Morgan fingerprint density at radius 2 is 2.44 bits per heavy atom. The van der Waals surface area contributed by atoms with Crippen molar-refractivity contribution >= 4 is 16.8 Å². The van der Waals surface area contributed by atoms with E-state index in [1.54, 1.807) is 12.5 Å². The molecule has 0 amide bonds. The van der Waals surface area contributed by atoms with Gasteiger partial charge >= 0.3 is 0 Å². The first-order chi connectivity index (χ1) is 8.86. The number of nitrogens with one attached hydrogen (secondary N) is 1. The zero-order valence-electron chi connectivity index (χ0n) is 10.7. The fourth-order valence-electron chi connectivity index (χ4n) is 2.64. The van der Waals surface area contributed by atoms with Gasteiger partial charge in [-0.3, -0.25) is 0 Å². The van der Waals surface area contributed by atoms with Gasteiger partial charge in [0.1, 0.15) is 11.4 Å². The van der Waals surface area contributed by atoms with Crippen LogP contribution in [0.3, 0.4) is 0 Å². The van der Waals surface area contributed by atoms with Crippen LogP contribution in [0.1, 0.15) is 13.3 Å². The fraction of sp³-hybridized carbons (Fsp3) is 0.500. The van der Waals surface area contributed by atoms with Crippen LogP contribution in [0.15, 0.2) is 29.0 Å². The van der Waals surface area contributed by atoms with Crippen LogP contribution >= 0.6 is 0 Å². The van der Waals surface area contributed by atoms with Crippen LogP contribution < -0.4 is 5.32 Å². The van der Waals surface area contributed by atoms with Gasteiger partial charge in [0.15, 0.2) is 0 Å². The lowest BCUT2D eigenvalue weighted by molar-refractivity contribution is 0.345. The largest absolute Gasteiger partial charge is 0.464 e. The number of rotatable bonds is 4. The third-order valence-corrected chi connectivity index (χ3v) is 3.76. The molecule has 3 heterocycles. The van der Waals surface area contributed by atoms with Gasteiger partial charge in [0, 0.05) is 19.3 Å². The van der Waals surface area contributed by atoms with Crippen LogP contribution in [0.5, 0.6) is 0 Å². The Morgan fingerprint density at radius 1 is 1.50 bits per heavy atom. The zero-order chi connectivity index (χ0) is 12.4. The summed E-state index contributed by atoms with van der Waals surface area (Å²) in [4.78, 5) is 6.89. The lowest BCUT2D eigenvalue weighted by Gasteiger charge is -2.14. The molecule has 0 spiro atoms. The van der Waals surface area contributed by atoms with Crippen molar-refractivity contribution in [1.82, 2.24) is 9.88 Å². The Balaban J connectivity index is 1.65. The summed E-state index contributed by atoms with van der Waals surface area (Å²) in [5.41, 5.74) is 0.897. The molecule has 0 radical (unpaired) electrons. The molecule has 1 N–H and O–H groups in total. The average Bonchev–Trinajstić information content (AvgIpc) is 3.05. The minimum atomic E-state index is 0.730. The van der Waals surface area contributed by atoms with Gasteiger partial charge < -0.3 is 14.6 Å². The van der Waals surface area contributed by atoms with Crippen molar-refractivity contribution < 1.29 is 4.42 Å². The number of furan rings is 1. The van der Waals surface area contributed by atoms with Crippen molar-refractivity contribution in [2.75, 3.05) is 31.5 Å². The van der Waals surface area contributed by atoms with Gasteiger partial charge in [0.05, 0.1) is 11.6 Å². The molecular formula is C14H19N3O. The predicted octanol–water partition coefficient (Wildman–Crippen LogP) is 2.58. The number of anilines is 1. The van der Waals surface area contributed by atoms with E-state index in [4.69, 9.17) is 4.42 Å². The summed E-state index contributed by atoms with van der Waals surface area (Å²) in [7, 11) is 0. The lowest BCUT2D eigenvalue weighted by atomic mass is 10.1. The van der Waals surface area contributed by atoms with Crippen molar-refractivity contribution in [3.8, 4) is 0 Å². The number of hydrogen-bond acceptors (Lipinski definition) is 4. The van der Waals surface area contributed by atoms with Gasteiger partial charge in [-0.2, -0.15) is 0 Å². The molecule has 0 saturated carbocycles. The second kappa shape index (κ2) is 4.98. The van der Waals surface area contributed by atoms with E-state index in [0.29, 0.717) is 0 Å². The number of likely N-dealkylation sites (tertiary alicyclic amines) is 1. The summed E-state index contributed by atoms with van der Waals surface area (Å²) in [5.74, 6) is 1.67. The standard InChI is InChI=1S/C14H19N3O/c1-2-17-7-4-11(10-17)9-16-14-12-5-8-18-13(12)3-6-15-14/h3,5-6,8,11H,2,4,7,9-10H2,1H3,(H,15,16). The molecule has 0 bridgehead atoms. The maximum absolute atomic E-state index is 5.38. The van der Waals surface area contributed by atoms with E-state index in [-0.39, 0.29) is 0 Å². The van der Waals surface area contributed by atoms with Crippen LogP contribution in [0.2, 0.25) is 0 Å². The van der Waals surface area contributed by atoms with Crippen LogP contribution in [0, 0.1) is 5.92 Å². The molecule has 18 heavy (non-hydrogen) atoms. The highest BCUT2D eigenvalue weighted by Crippen LogP contribution is 2.23. The molecule has 1 atom stereocenters. The van der Waals surface area contributed by atoms with E-state index in [0.717, 1.165) is 35.8 Å². The van der Waals surface area contributed by atoms with E-state index in [9.17, 15) is 0 Å². The quantitative estimate of drug-likeness (QED) is 0.899. The van der Waals surface area contributed by atoms with E-state index >= 15 is 0 Å². The monoisotopic (exact) mass is 245 g/mol. The van der Waals surface area contributed by atoms with E-state index < -0.39 is 0 Å². The van der Waals surface area contributed by atoms with Crippen molar-refractivity contribution in [1.29, 1.82) is 0 Å². The zero-order valence-corrected chi connectivity index (χ0v) is 10.7. The number of aromatic nitrogens is 1. The molecule has 4 nitrogen and oxygen atoms in total. The van der Waals surface area contributed by atoms with Gasteiger partial charge in [0.25, 0.3) is 0 Å². The van der Waals surface area contributed by atoms with Gasteiger partial charge in [-0.1, -0.05) is 6.92 Å². The SMILES string of the molecule is CCN1CCC(CNc2nccc3occc23)C1. The van der Waals surface area contributed by atoms with E-state index in [1.165, 1.54) is 19.5 Å². The Hall–Kier alpha value is -1.55. The van der Waals surface area contributed by atoms with Crippen LogP contribution in [-0.4, -0.2) is 36.1 Å². The normalized spacial score (nSPS) is 20.6. The summed E-state index contributed by atoms with van der Waals surface area (Å²) in [6.45, 7) is 6.81. The Labute approximate surface area is 107 Å². The highest BCUT2D eigenvalue weighted by atomic mass is 16.3. The molecule has 3 rings (SSSR count). The molecular weight excluding hydrogens is 226 g/mol. The second-order valence-corrected chi connectivity index (χ2v) is 4.92. The predicted molar refractivity (Wildman–Crippen MR) is 72.7 cm³/mol. The summed E-state index contributed by atoms with van der Waals surface area (Å²) in [6.07, 6.45) is 4.79. The topological polar surface area (TPSA) is 41.3 Å². The Bertz CT molecular complexity index is 522. The fourth-order valence-corrected chi connectivity index (χ4v) is 2.64. The smallest absolute Gasteiger partial charge is 0.139 e. The summed E-state index contributed by atoms with van der Waals surface area (Å²) in [5, 5.41) is 4.53. The Morgan fingerprint density at radius 3 is 3.28 bits per heavy atom. The number of pyridine rings is 1. The van der Waals surface area contributed by atoms with Gasteiger partial charge in [-0.25, -0.2) is 4.98 Å². The highest BCUT2D eigenvalue weighted by molar-refractivity contribution is 5.87. The molecule has 1 fully saturated rings. The average molecular weight is 245 g/mol. The first kappa shape index (κ1) is 11.5. The number of fused-ring (bicyclic) bond motifs is 1. The molecule has 0 aliphatic carbocycles. The molecule has 2 aromatic heterocycles. The number of nitrogens with zero attached hydrogens (tertiary/aromatic N) is 2. The molecule has 1 aliphatic rings. The van der Waals surface area contributed by atoms with E-state index in [1.807, 2.05) is 12.1 Å². The van der Waals surface area contributed by atoms with Crippen molar-refractivity contribution in [2.45, 2.75) is 13.3 Å². The minimum Gasteiger partial charge on any atom is -0.464 e. The van der Waals surface area contributed by atoms with Crippen LogP contribution in [0.25, 0.3) is 11.0 Å². The van der Waals surface area contributed by atoms with Crippen LogP contribution in [0.4, 0.5) is 5.82 Å². The first-order valence-corrected chi connectivity index (χ1v) is 6.65. The van der Waals surface area contributed by atoms with Crippen molar-refractivity contribution in [3.63, 3.8) is 0 Å². The minimum absolute atomic E-state index is 0.730. The Kier molecular flexibility index (Phi) is 3.19. The van der Waals surface area contributed by atoms with E-state index in [2.05, 4.69) is 22.1 Å². The third-order valence-electron chi connectivity index (χ3n) is 3.76. The molecule has 96 valence electrons. The highest BCUT2D eigenvalue weighted by Gasteiger charge is 2.21. The molecule has 4 heteroatoms. The second-order valence-electron chi connectivity index (χ2n) is 4.92. The maximum atomic E-state index is 5.38. The van der Waals surface area contributed by atoms with Gasteiger partial charge in [-0.05, 0) is 37.6 Å². The first-order valence-electron chi connectivity index (χ1n) is 6.65. The lowest BCUT2D eigenvalue weighted by Crippen LogP contribution is -2.22.